The number of aryl methyl sites for hydroxylation is 1. The van der Waals surface area contributed by atoms with Crippen LogP contribution in [0.2, 0.25) is 0 Å². The molecule has 2 rings (SSSR count). The van der Waals surface area contributed by atoms with E-state index in [4.69, 9.17) is 9.47 Å². The van der Waals surface area contributed by atoms with Gasteiger partial charge in [-0.1, -0.05) is 73.5 Å². The van der Waals surface area contributed by atoms with Crippen molar-refractivity contribution in [1.29, 1.82) is 0 Å². The van der Waals surface area contributed by atoms with Crippen LogP contribution in [0.5, 0.6) is 11.5 Å². The number of fused-ring (bicyclic) bond motifs is 1. The number of hydrogen-bond acceptors (Lipinski definition) is 2. The molecule has 0 spiro atoms. The average molecular weight is 435 g/mol. The Labute approximate surface area is 173 Å². The van der Waals surface area contributed by atoms with Gasteiger partial charge < -0.3 is 9.47 Å². The second-order valence-corrected chi connectivity index (χ2v) is 8.08. The Morgan fingerprint density at radius 3 is 2.26 bits per heavy atom. The summed E-state index contributed by atoms with van der Waals surface area (Å²) in [5.41, 5.74) is 1.22. The molecule has 2 aromatic rings. The Kier molecular flexibility index (Phi) is 10.7. The van der Waals surface area contributed by atoms with Gasteiger partial charge in [0.25, 0.3) is 0 Å². The number of alkyl halides is 1. The van der Waals surface area contributed by atoms with Crippen LogP contribution in [0.1, 0.15) is 70.3 Å². The molecule has 2 aromatic carbocycles. The predicted molar refractivity (Wildman–Crippen MR) is 121 cm³/mol. The lowest BCUT2D eigenvalue weighted by molar-refractivity contribution is 0.303. The van der Waals surface area contributed by atoms with Crippen LogP contribution in [-0.4, -0.2) is 18.5 Å². The molecule has 0 aliphatic rings. The predicted octanol–water partition coefficient (Wildman–Crippen LogP) is 7.83. The summed E-state index contributed by atoms with van der Waals surface area (Å²) in [5, 5.41) is 3.60. The lowest BCUT2D eigenvalue weighted by atomic mass is 10.0. The number of hydrogen-bond donors (Lipinski definition) is 0. The number of halogens is 1. The van der Waals surface area contributed by atoms with Crippen molar-refractivity contribution in [3.63, 3.8) is 0 Å². The summed E-state index contributed by atoms with van der Waals surface area (Å²) in [6.45, 7) is 5.98. The van der Waals surface area contributed by atoms with Gasteiger partial charge in [0.2, 0.25) is 0 Å². The van der Waals surface area contributed by atoms with Crippen molar-refractivity contribution in [3.8, 4) is 11.5 Å². The molecular formula is C24H35BrO2. The van der Waals surface area contributed by atoms with Gasteiger partial charge in [-0.05, 0) is 60.7 Å². The summed E-state index contributed by atoms with van der Waals surface area (Å²) < 4.78 is 11.9. The minimum atomic E-state index is 0.801. The van der Waals surface area contributed by atoms with Crippen molar-refractivity contribution in [3.05, 3.63) is 35.9 Å². The molecule has 0 atom stereocenters. The van der Waals surface area contributed by atoms with Crippen molar-refractivity contribution < 1.29 is 9.47 Å². The molecule has 0 radical (unpaired) electrons. The third-order valence-electron chi connectivity index (χ3n) is 5.01. The number of unbranched alkanes of at least 4 members (excludes halogenated alkanes) is 7. The van der Waals surface area contributed by atoms with Crippen LogP contribution < -0.4 is 9.47 Å². The highest BCUT2D eigenvalue weighted by Crippen LogP contribution is 2.30. The first-order valence-corrected chi connectivity index (χ1v) is 11.7. The standard InChI is InChI=1S/C24H35BrO2/c1-3-4-10-17-26-22-13-14-23-20(2)24(15-12-21(23)19-22)27-18-11-8-6-5-7-9-16-25/h12-15,19H,3-11,16-18H2,1-2H3. The first-order valence-electron chi connectivity index (χ1n) is 10.6. The van der Waals surface area contributed by atoms with Gasteiger partial charge in [0.15, 0.2) is 0 Å². The molecule has 0 N–H and O–H groups in total. The summed E-state index contributed by atoms with van der Waals surface area (Å²) in [6.07, 6.45) is 11.2. The minimum Gasteiger partial charge on any atom is -0.494 e. The monoisotopic (exact) mass is 434 g/mol. The molecule has 0 aromatic heterocycles. The maximum absolute atomic E-state index is 6.06. The molecule has 2 nitrogen and oxygen atoms in total. The van der Waals surface area contributed by atoms with Crippen molar-refractivity contribution in [2.75, 3.05) is 18.5 Å². The van der Waals surface area contributed by atoms with Crippen molar-refractivity contribution in [1.82, 2.24) is 0 Å². The second kappa shape index (κ2) is 13.0. The largest absolute Gasteiger partial charge is 0.494 e. The van der Waals surface area contributed by atoms with E-state index in [0.29, 0.717) is 0 Å². The third kappa shape index (κ3) is 7.73. The number of ether oxygens (including phenoxy) is 2. The number of rotatable bonds is 14. The Bertz CT molecular complexity index is 669. The van der Waals surface area contributed by atoms with Crippen LogP contribution in [0.15, 0.2) is 30.3 Å². The second-order valence-electron chi connectivity index (χ2n) is 7.29. The highest BCUT2D eigenvalue weighted by molar-refractivity contribution is 9.09. The fraction of sp³-hybridized carbons (Fsp3) is 0.583. The quantitative estimate of drug-likeness (QED) is 0.222. The van der Waals surface area contributed by atoms with Crippen molar-refractivity contribution in [2.45, 2.75) is 71.6 Å². The normalized spacial score (nSPS) is 11.1. The van der Waals surface area contributed by atoms with Crippen LogP contribution in [0.25, 0.3) is 10.8 Å². The van der Waals surface area contributed by atoms with Gasteiger partial charge in [0.05, 0.1) is 13.2 Å². The average Bonchev–Trinajstić information content (AvgIpc) is 2.69. The first-order chi connectivity index (χ1) is 13.3. The summed E-state index contributed by atoms with van der Waals surface area (Å²) in [5.74, 6) is 1.98. The molecule has 0 bridgehead atoms. The van der Waals surface area contributed by atoms with Gasteiger partial charge in [0, 0.05) is 5.33 Å². The molecule has 27 heavy (non-hydrogen) atoms. The highest BCUT2D eigenvalue weighted by Gasteiger charge is 2.06. The van der Waals surface area contributed by atoms with Gasteiger partial charge in [-0.2, -0.15) is 0 Å². The van der Waals surface area contributed by atoms with Gasteiger partial charge in [0.1, 0.15) is 11.5 Å². The topological polar surface area (TPSA) is 18.5 Å². The molecule has 0 fully saturated rings. The molecule has 0 heterocycles. The Hall–Kier alpha value is -1.22. The van der Waals surface area contributed by atoms with E-state index in [1.165, 1.54) is 61.3 Å². The zero-order valence-corrected chi connectivity index (χ0v) is 18.7. The van der Waals surface area contributed by atoms with E-state index in [9.17, 15) is 0 Å². The van der Waals surface area contributed by atoms with E-state index in [1.807, 2.05) is 0 Å². The van der Waals surface area contributed by atoms with Gasteiger partial charge in [-0.15, -0.1) is 0 Å². The molecule has 0 amide bonds. The first kappa shape index (κ1) is 22.1. The highest BCUT2D eigenvalue weighted by atomic mass is 79.9. The van der Waals surface area contributed by atoms with E-state index < -0.39 is 0 Å². The van der Waals surface area contributed by atoms with E-state index in [0.717, 1.165) is 42.9 Å². The molecule has 0 saturated carbocycles. The molecule has 150 valence electrons. The van der Waals surface area contributed by atoms with Crippen LogP contribution in [0.4, 0.5) is 0 Å². The Balaban J connectivity index is 1.81. The molecule has 3 heteroatoms. The zero-order valence-electron chi connectivity index (χ0n) is 17.1. The van der Waals surface area contributed by atoms with E-state index in [1.54, 1.807) is 0 Å². The summed E-state index contributed by atoms with van der Waals surface area (Å²) in [7, 11) is 0. The van der Waals surface area contributed by atoms with Crippen LogP contribution in [0, 0.1) is 6.92 Å². The summed E-state index contributed by atoms with van der Waals surface area (Å²) >= 11 is 3.49. The molecule has 0 unspecified atom stereocenters. The lowest BCUT2D eigenvalue weighted by Crippen LogP contribution is -2.00. The lowest BCUT2D eigenvalue weighted by Gasteiger charge is -2.13. The fourth-order valence-corrected chi connectivity index (χ4v) is 3.71. The SMILES string of the molecule is CCCCCOc1ccc2c(C)c(OCCCCCCCCBr)ccc2c1. The van der Waals surface area contributed by atoms with Crippen molar-refractivity contribution >= 4 is 26.7 Å². The molecule has 0 aliphatic heterocycles. The van der Waals surface area contributed by atoms with E-state index in [2.05, 4.69) is 60.1 Å². The molecule has 0 saturated heterocycles. The third-order valence-corrected chi connectivity index (χ3v) is 5.57. The smallest absolute Gasteiger partial charge is 0.122 e. The minimum absolute atomic E-state index is 0.801. The molecule has 0 aliphatic carbocycles. The van der Waals surface area contributed by atoms with Gasteiger partial charge in [-0.3, -0.25) is 0 Å². The summed E-state index contributed by atoms with van der Waals surface area (Å²) in [4.78, 5) is 0. The van der Waals surface area contributed by atoms with Crippen LogP contribution in [-0.2, 0) is 0 Å². The Morgan fingerprint density at radius 2 is 1.48 bits per heavy atom. The Morgan fingerprint density at radius 1 is 0.778 bits per heavy atom. The van der Waals surface area contributed by atoms with E-state index >= 15 is 0 Å². The maximum Gasteiger partial charge on any atom is 0.122 e. The van der Waals surface area contributed by atoms with Crippen LogP contribution >= 0.6 is 15.9 Å². The van der Waals surface area contributed by atoms with Gasteiger partial charge >= 0.3 is 0 Å². The van der Waals surface area contributed by atoms with Gasteiger partial charge in [-0.25, -0.2) is 0 Å². The maximum atomic E-state index is 6.06. The van der Waals surface area contributed by atoms with E-state index in [-0.39, 0.29) is 0 Å². The molecular weight excluding hydrogens is 400 g/mol. The summed E-state index contributed by atoms with van der Waals surface area (Å²) in [6, 6.07) is 10.6. The number of benzene rings is 2. The zero-order chi connectivity index (χ0) is 19.3. The van der Waals surface area contributed by atoms with Crippen LogP contribution in [0.3, 0.4) is 0 Å². The van der Waals surface area contributed by atoms with Crippen molar-refractivity contribution in [2.24, 2.45) is 0 Å². The fourth-order valence-electron chi connectivity index (χ4n) is 3.32.